The Labute approximate surface area is 135 Å². The summed E-state index contributed by atoms with van der Waals surface area (Å²) in [7, 11) is 5.62. The van der Waals surface area contributed by atoms with Crippen molar-refractivity contribution in [2.45, 2.75) is 6.42 Å². The number of methoxy groups -OCH3 is 1. The molecule has 118 valence electrons. The molecular formula is C14H21Cl2N3O2. The molecule has 5 nitrogen and oxygen atoms in total. The molecule has 1 heterocycles. The molecule has 0 aliphatic heterocycles. The maximum atomic E-state index is 12.5. The molecule has 0 atom stereocenters. The van der Waals surface area contributed by atoms with E-state index in [1.165, 1.54) is 6.20 Å². The fraction of sp³-hybridized carbons (Fsp3) is 0.571. The highest BCUT2D eigenvalue weighted by atomic mass is 35.5. The van der Waals surface area contributed by atoms with E-state index < -0.39 is 0 Å². The van der Waals surface area contributed by atoms with Crippen LogP contribution in [0.4, 0.5) is 0 Å². The minimum Gasteiger partial charge on any atom is -0.383 e. The lowest BCUT2D eigenvalue weighted by molar-refractivity contribution is 0.0689. The summed E-state index contributed by atoms with van der Waals surface area (Å²) >= 11 is 11.7. The van der Waals surface area contributed by atoms with Gasteiger partial charge in [-0.15, -0.1) is 0 Å². The average Bonchev–Trinajstić information content (AvgIpc) is 2.44. The van der Waals surface area contributed by atoms with Crippen molar-refractivity contribution in [1.29, 1.82) is 0 Å². The van der Waals surface area contributed by atoms with Crippen molar-refractivity contribution >= 4 is 29.1 Å². The van der Waals surface area contributed by atoms with Crippen LogP contribution >= 0.6 is 23.2 Å². The van der Waals surface area contributed by atoms with E-state index >= 15 is 0 Å². The normalized spacial score (nSPS) is 11.0. The molecule has 0 radical (unpaired) electrons. The summed E-state index contributed by atoms with van der Waals surface area (Å²) in [6.07, 6.45) is 2.33. The summed E-state index contributed by atoms with van der Waals surface area (Å²) in [6, 6.07) is 1.55. The van der Waals surface area contributed by atoms with Gasteiger partial charge in [-0.25, -0.2) is 4.98 Å². The Kier molecular flexibility index (Phi) is 7.96. The van der Waals surface area contributed by atoms with Crippen molar-refractivity contribution in [3.8, 4) is 0 Å². The van der Waals surface area contributed by atoms with E-state index in [1.54, 1.807) is 18.1 Å². The lowest BCUT2D eigenvalue weighted by Gasteiger charge is -2.23. The van der Waals surface area contributed by atoms with Gasteiger partial charge in [0.1, 0.15) is 5.15 Å². The average molecular weight is 334 g/mol. The zero-order valence-electron chi connectivity index (χ0n) is 12.6. The molecule has 21 heavy (non-hydrogen) atoms. The van der Waals surface area contributed by atoms with Gasteiger partial charge in [0.2, 0.25) is 0 Å². The molecule has 0 saturated heterocycles. The third kappa shape index (κ3) is 6.18. The zero-order chi connectivity index (χ0) is 15.8. The predicted octanol–water partition coefficient (Wildman–Crippen LogP) is 2.43. The first-order chi connectivity index (χ1) is 9.95. The number of halogens is 2. The van der Waals surface area contributed by atoms with Crippen molar-refractivity contribution in [1.82, 2.24) is 14.8 Å². The van der Waals surface area contributed by atoms with Crippen LogP contribution in [-0.2, 0) is 4.74 Å². The Hall–Kier alpha value is -0.880. The number of pyridine rings is 1. The van der Waals surface area contributed by atoms with E-state index in [0.29, 0.717) is 25.3 Å². The second kappa shape index (κ2) is 9.20. The molecule has 0 unspecified atom stereocenters. The summed E-state index contributed by atoms with van der Waals surface area (Å²) in [6.45, 7) is 2.59. The van der Waals surface area contributed by atoms with Crippen LogP contribution in [0.3, 0.4) is 0 Å². The number of nitrogens with zero attached hydrogens (tertiary/aromatic N) is 3. The quantitative estimate of drug-likeness (QED) is 0.685. The van der Waals surface area contributed by atoms with Gasteiger partial charge in [0.15, 0.2) is 0 Å². The molecule has 0 saturated carbocycles. The van der Waals surface area contributed by atoms with E-state index in [0.717, 1.165) is 13.0 Å². The summed E-state index contributed by atoms with van der Waals surface area (Å²) < 4.78 is 5.06. The van der Waals surface area contributed by atoms with Gasteiger partial charge >= 0.3 is 0 Å². The van der Waals surface area contributed by atoms with E-state index in [1.807, 2.05) is 14.1 Å². The highest BCUT2D eigenvalue weighted by molar-refractivity contribution is 6.41. The van der Waals surface area contributed by atoms with Gasteiger partial charge in [-0.1, -0.05) is 23.2 Å². The number of amides is 1. The second-order valence-corrected chi connectivity index (χ2v) is 5.70. The van der Waals surface area contributed by atoms with Gasteiger partial charge in [-0.05, 0) is 33.1 Å². The smallest absolute Gasteiger partial charge is 0.255 e. The summed E-state index contributed by atoms with van der Waals surface area (Å²) in [5.74, 6) is -0.114. The first-order valence-electron chi connectivity index (χ1n) is 6.69. The number of carbonyl (C=O) groups is 1. The lowest BCUT2D eigenvalue weighted by Crippen LogP contribution is -2.36. The van der Waals surface area contributed by atoms with E-state index in [-0.39, 0.29) is 16.1 Å². The fourth-order valence-corrected chi connectivity index (χ4v) is 2.08. The summed E-state index contributed by atoms with van der Waals surface area (Å²) in [5, 5.41) is 0.478. The molecular weight excluding hydrogens is 313 g/mol. The minimum atomic E-state index is -0.114. The van der Waals surface area contributed by atoms with Crippen molar-refractivity contribution < 1.29 is 9.53 Å². The third-order valence-electron chi connectivity index (χ3n) is 2.93. The number of hydrogen-bond donors (Lipinski definition) is 0. The van der Waals surface area contributed by atoms with E-state index in [9.17, 15) is 4.79 Å². The summed E-state index contributed by atoms with van der Waals surface area (Å²) in [5.41, 5.74) is 0.436. The zero-order valence-corrected chi connectivity index (χ0v) is 14.1. The molecule has 0 aliphatic carbocycles. The molecule has 7 heteroatoms. The number of ether oxygens (including phenoxy) is 1. The molecule has 0 N–H and O–H groups in total. The minimum absolute atomic E-state index is 0.114. The highest BCUT2D eigenvalue weighted by Crippen LogP contribution is 2.20. The second-order valence-electron chi connectivity index (χ2n) is 4.94. The van der Waals surface area contributed by atoms with Crippen molar-refractivity contribution in [3.05, 3.63) is 28.0 Å². The molecule has 1 rings (SSSR count). The third-order valence-corrected chi connectivity index (χ3v) is 3.62. The number of hydrogen-bond acceptors (Lipinski definition) is 4. The first kappa shape index (κ1) is 18.2. The largest absolute Gasteiger partial charge is 0.383 e. The number of rotatable bonds is 8. The number of aromatic nitrogens is 1. The van der Waals surface area contributed by atoms with Crippen molar-refractivity contribution in [2.75, 3.05) is 47.4 Å². The Morgan fingerprint density at radius 1 is 1.29 bits per heavy atom. The molecule has 0 aromatic carbocycles. The van der Waals surface area contributed by atoms with E-state index in [4.69, 9.17) is 27.9 Å². The lowest BCUT2D eigenvalue weighted by atomic mass is 10.2. The standard InChI is InChI=1S/C14H21Cl2N3O2/c1-18(2)5-4-6-19(7-8-21-3)14(20)11-9-12(15)13(16)17-10-11/h9-10H,4-8H2,1-3H3. The Balaban J connectivity index is 2.75. The topological polar surface area (TPSA) is 45.7 Å². The molecule has 0 bridgehead atoms. The molecule has 0 aliphatic rings. The Bertz CT molecular complexity index is 470. The van der Waals surface area contributed by atoms with Gasteiger partial charge in [-0.2, -0.15) is 0 Å². The first-order valence-corrected chi connectivity index (χ1v) is 7.45. The van der Waals surface area contributed by atoms with Gasteiger partial charge < -0.3 is 14.5 Å². The van der Waals surface area contributed by atoms with Crippen LogP contribution < -0.4 is 0 Å². The van der Waals surface area contributed by atoms with Crippen LogP contribution in [-0.4, -0.2) is 68.1 Å². The fourth-order valence-electron chi connectivity index (χ4n) is 1.81. The molecule has 0 spiro atoms. The molecule has 1 aromatic rings. The van der Waals surface area contributed by atoms with Gasteiger partial charge in [-0.3, -0.25) is 4.79 Å². The van der Waals surface area contributed by atoms with Crippen LogP contribution in [0.1, 0.15) is 16.8 Å². The van der Waals surface area contributed by atoms with Gasteiger partial charge in [0, 0.05) is 26.4 Å². The van der Waals surface area contributed by atoms with Crippen LogP contribution in [0.25, 0.3) is 0 Å². The summed E-state index contributed by atoms with van der Waals surface area (Å²) in [4.78, 5) is 20.2. The predicted molar refractivity (Wildman–Crippen MR) is 85.2 cm³/mol. The van der Waals surface area contributed by atoms with Crippen LogP contribution in [0.15, 0.2) is 12.3 Å². The monoisotopic (exact) mass is 333 g/mol. The maximum Gasteiger partial charge on any atom is 0.255 e. The Morgan fingerprint density at radius 3 is 2.57 bits per heavy atom. The molecule has 1 amide bonds. The Morgan fingerprint density at radius 2 is 2.00 bits per heavy atom. The SMILES string of the molecule is COCCN(CCCN(C)C)C(=O)c1cnc(Cl)c(Cl)c1. The molecule has 0 fully saturated rings. The van der Waals surface area contributed by atoms with Gasteiger partial charge in [0.25, 0.3) is 5.91 Å². The van der Waals surface area contributed by atoms with Crippen LogP contribution in [0.2, 0.25) is 10.2 Å². The maximum absolute atomic E-state index is 12.5. The van der Waals surface area contributed by atoms with Gasteiger partial charge in [0.05, 0.1) is 17.2 Å². The van der Waals surface area contributed by atoms with E-state index in [2.05, 4.69) is 9.88 Å². The van der Waals surface area contributed by atoms with Crippen LogP contribution in [0.5, 0.6) is 0 Å². The molecule has 1 aromatic heterocycles. The number of carbonyl (C=O) groups excluding carboxylic acids is 1. The van der Waals surface area contributed by atoms with Crippen molar-refractivity contribution in [3.63, 3.8) is 0 Å². The highest BCUT2D eigenvalue weighted by Gasteiger charge is 2.17. The van der Waals surface area contributed by atoms with Crippen molar-refractivity contribution in [2.24, 2.45) is 0 Å². The van der Waals surface area contributed by atoms with Crippen LogP contribution in [0, 0.1) is 0 Å².